The van der Waals surface area contributed by atoms with E-state index in [0.717, 1.165) is 5.69 Å². The molecule has 94 valence electrons. The molecule has 1 fully saturated rings. The number of ether oxygens (including phenoxy) is 2. The number of hydrogen-bond acceptors (Lipinski definition) is 3. The Bertz CT molecular complexity index is 396. The van der Waals surface area contributed by atoms with Crippen molar-refractivity contribution in [3.8, 4) is 0 Å². The molecule has 0 atom stereocenters. The Hall–Kier alpha value is -1.13. The second-order valence-electron chi connectivity index (χ2n) is 4.78. The lowest BCUT2D eigenvalue weighted by atomic mass is 10.1. The van der Waals surface area contributed by atoms with Crippen LogP contribution in [0.1, 0.15) is 19.4 Å². The van der Waals surface area contributed by atoms with Gasteiger partial charge in [-0.1, -0.05) is 6.07 Å². The third-order valence-electron chi connectivity index (χ3n) is 2.89. The number of benzene rings is 1. The van der Waals surface area contributed by atoms with Crippen molar-refractivity contribution in [2.75, 3.05) is 18.5 Å². The highest BCUT2D eigenvalue weighted by molar-refractivity contribution is 5.51. The fraction of sp³-hybridized carbons (Fsp3) is 0.538. The van der Waals surface area contributed by atoms with Crippen LogP contribution in [0.4, 0.5) is 10.1 Å². The van der Waals surface area contributed by atoms with Crippen molar-refractivity contribution in [2.45, 2.75) is 32.6 Å². The third-order valence-corrected chi connectivity index (χ3v) is 2.89. The van der Waals surface area contributed by atoms with Crippen LogP contribution in [-0.2, 0) is 9.47 Å². The second-order valence-corrected chi connectivity index (χ2v) is 4.78. The van der Waals surface area contributed by atoms with Gasteiger partial charge in [-0.2, -0.15) is 0 Å². The minimum absolute atomic E-state index is 0.0588. The van der Waals surface area contributed by atoms with Gasteiger partial charge in [-0.05, 0) is 32.9 Å². The first-order chi connectivity index (χ1) is 7.98. The Kier molecular flexibility index (Phi) is 3.35. The van der Waals surface area contributed by atoms with Gasteiger partial charge in [0.25, 0.3) is 0 Å². The molecular formula is C13H18FNO2. The van der Waals surface area contributed by atoms with Gasteiger partial charge in [-0.25, -0.2) is 4.39 Å². The summed E-state index contributed by atoms with van der Waals surface area (Å²) in [5.74, 6) is -0.720. The van der Waals surface area contributed by atoms with E-state index in [-0.39, 0.29) is 11.9 Å². The predicted octanol–water partition coefficient (Wildman–Crippen LogP) is 2.70. The van der Waals surface area contributed by atoms with Crippen LogP contribution in [0.5, 0.6) is 0 Å². The van der Waals surface area contributed by atoms with E-state index in [9.17, 15) is 4.39 Å². The van der Waals surface area contributed by atoms with Crippen LogP contribution in [0, 0.1) is 12.7 Å². The molecule has 4 heteroatoms. The van der Waals surface area contributed by atoms with Crippen molar-refractivity contribution < 1.29 is 13.9 Å². The van der Waals surface area contributed by atoms with Crippen LogP contribution in [0.15, 0.2) is 18.2 Å². The molecule has 1 N–H and O–H groups in total. The Balaban J connectivity index is 2.00. The number of nitrogens with one attached hydrogen (secondary N) is 1. The molecule has 0 saturated carbocycles. The van der Waals surface area contributed by atoms with Crippen molar-refractivity contribution in [3.63, 3.8) is 0 Å². The minimum Gasteiger partial charge on any atom is -0.377 e. The molecule has 0 aromatic heterocycles. The number of hydrogen-bond donors (Lipinski definition) is 1. The highest BCUT2D eigenvalue weighted by Gasteiger charge is 2.28. The molecule has 1 aliphatic rings. The molecule has 1 aromatic rings. The molecule has 0 aliphatic carbocycles. The highest BCUT2D eigenvalue weighted by atomic mass is 19.1. The average Bonchev–Trinajstić information content (AvgIpc) is 2.27. The molecule has 0 unspecified atom stereocenters. The highest BCUT2D eigenvalue weighted by Crippen LogP contribution is 2.22. The monoisotopic (exact) mass is 239 g/mol. The molecule has 0 spiro atoms. The molecule has 1 aliphatic heterocycles. The van der Waals surface area contributed by atoms with Crippen LogP contribution < -0.4 is 5.32 Å². The van der Waals surface area contributed by atoms with Gasteiger partial charge in [-0.15, -0.1) is 0 Å². The maximum Gasteiger partial charge on any atom is 0.162 e. The Morgan fingerprint density at radius 2 is 1.94 bits per heavy atom. The molecule has 1 aromatic carbocycles. The van der Waals surface area contributed by atoms with E-state index in [1.807, 2.05) is 19.9 Å². The number of anilines is 1. The summed E-state index contributed by atoms with van der Waals surface area (Å²) in [5.41, 5.74) is 1.42. The average molecular weight is 239 g/mol. The van der Waals surface area contributed by atoms with Crippen molar-refractivity contribution >= 4 is 5.69 Å². The maximum absolute atomic E-state index is 13.4. The van der Waals surface area contributed by atoms with Gasteiger partial charge in [0.1, 0.15) is 5.82 Å². The lowest BCUT2D eigenvalue weighted by molar-refractivity contribution is -0.247. The van der Waals surface area contributed by atoms with Crippen LogP contribution in [0.3, 0.4) is 0 Å². The van der Waals surface area contributed by atoms with E-state index < -0.39 is 5.79 Å². The number of halogens is 1. The van der Waals surface area contributed by atoms with E-state index in [1.54, 1.807) is 13.0 Å². The van der Waals surface area contributed by atoms with Gasteiger partial charge in [0, 0.05) is 11.3 Å². The summed E-state index contributed by atoms with van der Waals surface area (Å²) >= 11 is 0. The quantitative estimate of drug-likeness (QED) is 0.860. The van der Waals surface area contributed by atoms with E-state index in [1.165, 1.54) is 6.07 Å². The normalized spacial score (nSPS) is 20.2. The molecule has 0 radical (unpaired) electrons. The predicted molar refractivity (Wildman–Crippen MR) is 64.5 cm³/mol. The zero-order valence-corrected chi connectivity index (χ0v) is 10.4. The van der Waals surface area contributed by atoms with Crippen LogP contribution in [-0.4, -0.2) is 25.0 Å². The van der Waals surface area contributed by atoms with Crippen molar-refractivity contribution in [1.82, 2.24) is 0 Å². The Morgan fingerprint density at radius 1 is 1.29 bits per heavy atom. The molecule has 1 heterocycles. The van der Waals surface area contributed by atoms with Crippen molar-refractivity contribution in [2.24, 2.45) is 0 Å². The van der Waals surface area contributed by atoms with Crippen LogP contribution in [0.25, 0.3) is 0 Å². The van der Waals surface area contributed by atoms with Gasteiger partial charge in [0.05, 0.1) is 19.3 Å². The summed E-state index contributed by atoms with van der Waals surface area (Å²) in [5, 5.41) is 3.24. The molecule has 3 nitrogen and oxygen atoms in total. The Morgan fingerprint density at radius 3 is 2.59 bits per heavy atom. The van der Waals surface area contributed by atoms with E-state index in [0.29, 0.717) is 18.8 Å². The SMILES string of the molecule is Cc1c(F)cccc1NC1COC(C)(C)OC1. The summed E-state index contributed by atoms with van der Waals surface area (Å²) < 4.78 is 24.4. The molecule has 2 rings (SSSR count). The first-order valence-corrected chi connectivity index (χ1v) is 5.77. The van der Waals surface area contributed by atoms with E-state index in [4.69, 9.17) is 9.47 Å². The molecule has 0 bridgehead atoms. The first-order valence-electron chi connectivity index (χ1n) is 5.77. The van der Waals surface area contributed by atoms with Gasteiger partial charge >= 0.3 is 0 Å². The molecular weight excluding hydrogens is 221 g/mol. The third kappa shape index (κ3) is 2.96. The standard InChI is InChI=1S/C13H18FNO2/c1-9-11(14)5-4-6-12(9)15-10-7-16-13(2,3)17-8-10/h4-6,10,15H,7-8H2,1-3H3. The summed E-state index contributed by atoms with van der Waals surface area (Å²) in [7, 11) is 0. The van der Waals surface area contributed by atoms with Gasteiger partial charge in [-0.3, -0.25) is 0 Å². The second kappa shape index (κ2) is 4.63. The Labute approximate surface area is 101 Å². The summed E-state index contributed by atoms with van der Waals surface area (Å²) in [6.07, 6.45) is 0. The van der Waals surface area contributed by atoms with Gasteiger partial charge < -0.3 is 14.8 Å². The lowest BCUT2D eigenvalue weighted by Gasteiger charge is -2.35. The smallest absolute Gasteiger partial charge is 0.162 e. The van der Waals surface area contributed by atoms with Crippen LogP contribution in [0.2, 0.25) is 0 Å². The van der Waals surface area contributed by atoms with Crippen molar-refractivity contribution in [3.05, 3.63) is 29.6 Å². The largest absolute Gasteiger partial charge is 0.377 e. The summed E-state index contributed by atoms with van der Waals surface area (Å²) in [4.78, 5) is 0. The topological polar surface area (TPSA) is 30.5 Å². The van der Waals surface area contributed by atoms with Crippen LogP contribution >= 0.6 is 0 Å². The van der Waals surface area contributed by atoms with E-state index >= 15 is 0 Å². The molecule has 1 saturated heterocycles. The zero-order chi connectivity index (χ0) is 12.5. The fourth-order valence-electron chi connectivity index (χ4n) is 1.76. The summed E-state index contributed by atoms with van der Waals surface area (Å²) in [6, 6.07) is 5.07. The maximum atomic E-state index is 13.4. The lowest BCUT2D eigenvalue weighted by Crippen LogP contribution is -2.45. The molecule has 0 amide bonds. The fourth-order valence-corrected chi connectivity index (χ4v) is 1.76. The van der Waals surface area contributed by atoms with E-state index in [2.05, 4.69) is 5.32 Å². The zero-order valence-electron chi connectivity index (χ0n) is 10.4. The minimum atomic E-state index is -0.519. The van der Waals surface area contributed by atoms with Crippen molar-refractivity contribution in [1.29, 1.82) is 0 Å². The van der Waals surface area contributed by atoms with Gasteiger partial charge in [0.2, 0.25) is 0 Å². The first kappa shape index (κ1) is 12.3. The van der Waals surface area contributed by atoms with Gasteiger partial charge in [0.15, 0.2) is 5.79 Å². The summed E-state index contributed by atoms with van der Waals surface area (Å²) in [6.45, 7) is 6.64. The number of rotatable bonds is 2. The molecule has 17 heavy (non-hydrogen) atoms.